The molecule has 2 N–H and O–H groups in total. The van der Waals surface area contributed by atoms with Crippen molar-refractivity contribution in [3.63, 3.8) is 0 Å². The van der Waals surface area contributed by atoms with Crippen molar-refractivity contribution < 1.29 is 27.3 Å². The predicted molar refractivity (Wildman–Crippen MR) is 133 cm³/mol. The van der Waals surface area contributed by atoms with E-state index in [4.69, 9.17) is 0 Å². The highest BCUT2D eigenvalue weighted by Gasteiger charge is 2.38. The number of anilines is 1. The summed E-state index contributed by atoms with van der Waals surface area (Å²) < 4.78 is 42.3. The number of piperidine rings is 1. The fourth-order valence-corrected chi connectivity index (χ4v) is 4.54. The van der Waals surface area contributed by atoms with Gasteiger partial charge in [0.15, 0.2) is 0 Å². The molecule has 0 radical (unpaired) electrons. The summed E-state index contributed by atoms with van der Waals surface area (Å²) in [5.41, 5.74) is 4.02. The standard InChI is InChI=1S/C27H24F3N5O3/c1-16-10-13-31-22(16)24(36)32-21-8-6-17(7-9-21)18-11-14-35(15-12-18)25(37)20-4-2-19(3-5-20)23-33-26(38-34-23)27(28,29)30/h2-10,13,18,31H,11-12,14-15H2,1H3,(H,32,36). The molecule has 2 aromatic carbocycles. The van der Waals surface area contributed by atoms with Crippen LogP contribution in [0.5, 0.6) is 0 Å². The Hall–Kier alpha value is -4.41. The quantitative estimate of drug-likeness (QED) is 0.351. The van der Waals surface area contributed by atoms with Crippen molar-refractivity contribution in [3.05, 3.63) is 89.1 Å². The van der Waals surface area contributed by atoms with Crippen LogP contribution >= 0.6 is 0 Å². The Morgan fingerprint density at radius 3 is 2.29 bits per heavy atom. The molecular formula is C27H24F3N5O3. The summed E-state index contributed by atoms with van der Waals surface area (Å²) in [7, 11) is 0. The summed E-state index contributed by atoms with van der Waals surface area (Å²) >= 11 is 0. The monoisotopic (exact) mass is 523 g/mol. The smallest absolute Gasteiger partial charge is 0.357 e. The molecule has 196 valence electrons. The molecule has 1 aliphatic heterocycles. The van der Waals surface area contributed by atoms with Gasteiger partial charge in [-0.05, 0) is 67.1 Å². The molecule has 38 heavy (non-hydrogen) atoms. The van der Waals surface area contributed by atoms with Crippen LogP contribution in [0.1, 0.15) is 56.6 Å². The number of rotatable bonds is 5. The topological polar surface area (TPSA) is 104 Å². The number of benzene rings is 2. The average molecular weight is 524 g/mol. The van der Waals surface area contributed by atoms with Crippen LogP contribution in [0.15, 0.2) is 65.3 Å². The Bertz CT molecular complexity index is 1430. The lowest BCUT2D eigenvalue weighted by atomic mass is 9.89. The van der Waals surface area contributed by atoms with E-state index in [-0.39, 0.29) is 23.6 Å². The van der Waals surface area contributed by atoms with Crippen molar-refractivity contribution in [2.45, 2.75) is 31.9 Å². The number of amides is 2. The van der Waals surface area contributed by atoms with Gasteiger partial charge in [-0.25, -0.2) is 0 Å². The van der Waals surface area contributed by atoms with Gasteiger partial charge in [-0.2, -0.15) is 18.2 Å². The molecule has 0 unspecified atom stereocenters. The zero-order valence-corrected chi connectivity index (χ0v) is 20.4. The molecule has 11 heteroatoms. The summed E-state index contributed by atoms with van der Waals surface area (Å²) in [4.78, 5) is 33.5. The summed E-state index contributed by atoms with van der Waals surface area (Å²) in [6.45, 7) is 3.03. The first-order valence-corrected chi connectivity index (χ1v) is 12.0. The highest BCUT2D eigenvalue weighted by atomic mass is 19.4. The SMILES string of the molecule is Cc1cc[nH]c1C(=O)Nc1ccc(C2CCN(C(=O)c3ccc(-c4noc(C(F)(F)F)n4)cc3)CC2)cc1. The van der Waals surface area contributed by atoms with E-state index in [2.05, 4.69) is 25.0 Å². The van der Waals surface area contributed by atoms with Gasteiger partial charge in [0.05, 0.1) is 0 Å². The van der Waals surface area contributed by atoms with Crippen molar-refractivity contribution in [3.8, 4) is 11.4 Å². The molecule has 2 aromatic heterocycles. The zero-order valence-electron chi connectivity index (χ0n) is 20.4. The zero-order chi connectivity index (χ0) is 26.9. The van der Waals surface area contributed by atoms with Crippen LogP contribution < -0.4 is 5.32 Å². The highest BCUT2D eigenvalue weighted by molar-refractivity contribution is 6.03. The lowest BCUT2D eigenvalue weighted by molar-refractivity contribution is -0.159. The summed E-state index contributed by atoms with van der Waals surface area (Å²) in [5.74, 6) is -1.65. The second-order valence-electron chi connectivity index (χ2n) is 9.18. The number of aryl methyl sites for hydroxylation is 1. The van der Waals surface area contributed by atoms with Gasteiger partial charge < -0.3 is 19.7 Å². The molecule has 0 atom stereocenters. The minimum absolute atomic E-state index is 0.142. The first kappa shape index (κ1) is 25.2. The lowest BCUT2D eigenvalue weighted by Crippen LogP contribution is -2.37. The van der Waals surface area contributed by atoms with Gasteiger partial charge in [0, 0.05) is 36.1 Å². The van der Waals surface area contributed by atoms with Gasteiger partial charge >= 0.3 is 12.1 Å². The third-order valence-corrected chi connectivity index (χ3v) is 6.66. The number of carbonyl (C=O) groups is 2. The summed E-state index contributed by atoms with van der Waals surface area (Å²) in [6, 6.07) is 15.7. The summed E-state index contributed by atoms with van der Waals surface area (Å²) in [6.07, 6.45) is -1.40. The summed E-state index contributed by atoms with van der Waals surface area (Å²) in [5, 5.41) is 6.26. The highest BCUT2D eigenvalue weighted by Crippen LogP contribution is 2.31. The predicted octanol–water partition coefficient (Wildman–Crippen LogP) is 5.66. The number of aromatic nitrogens is 3. The molecule has 1 fully saturated rings. The van der Waals surface area contributed by atoms with E-state index in [9.17, 15) is 22.8 Å². The number of aromatic amines is 1. The molecule has 5 rings (SSSR count). The number of hydrogen-bond donors (Lipinski definition) is 2. The average Bonchev–Trinajstić information content (AvgIpc) is 3.59. The molecule has 1 aliphatic rings. The van der Waals surface area contributed by atoms with E-state index >= 15 is 0 Å². The van der Waals surface area contributed by atoms with E-state index in [1.54, 1.807) is 23.2 Å². The largest absolute Gasteiger partial charge is 0.471 e. The molecular weight excluding hydrogens is 499 g/mol. The minimum Gasteiger partial charge on any atom is -0.357 e. The molecule has 0 aliphatic carbocycles. The number of H-pyrrole nitrogens is 1. The van der Waals surface area contributed by atoms with Crippen molar-refractivity contribution in [2.75, 3.05) is 18.4 Å². The molecule has 2 amide bonds. The molecule has 0 saturated carbocycles. The maximum absolute atomic E-state index is 13.0. The second kappa shape index (κ2) is 10.2. The van der Waals surface area contributed by atoms with E-state index in [1.807, 2.05) is 37.3 Å². The Balaban J connectivity index is 1.16. The van der Waals surface area contributed by atoms with Crippen LogP contribution in [0.3, 0.4) is 0 Å². The van der Waals surface area contributed by atoms with E-state index in [1.165, 1.54) is 12.1 Å². The van der Waals surface area contributed by atoms with Crippen LogP contribution in [0.2, 0.25) is 0 Å². The van der Waals surface area contributed by atoms with Crippen molar-refractivity contribution in [2.24, 2.45) is 0 Å². The van der Waals surface area contributed by atoms with Crippen LogP contribution in [0.25, 0.3) is 11.4 Å². The Morgan fingerprint density at radius 1 is 1.03 bits per heavy atom. The maximum atomic E-state index is 13.0. The Labute approximate surface area is 215 Å². The molecule has 3 heterocycles. The van der Waals surface area contributed by atoms with Crippen molar-refractivity contribution in [1.29, 1.82) is 0 Å². The third kappa shape index (κ3) is 5.31. The number of nitrogens with zero attached hydrogens (tertiary/aromatic N) is 3. The minimum atomic E-state index is -4.72. The molecule has 0 spiro atoms. The van der Waals surface area contributed by atoms with E-state index in [0.29, 0.717) is 35.6 Å². The molecule has 0 bridgehead atoms. The van der Waals surface area contributed by atoms with Gasteiger partial charge in [0.25, 0.3) is 11.8 Å². The number of nitrogens with one attached hydrogen (secondary N) is 2. The van der Waals surface area contributed by atoms with Crippen LogP contribution in [0, 0.1) is 6.92 Å². The number of alkyl halides is 3. The second-order valence-corrected chi connectivity index (χ2v) is 9.18. The number of carbonyl (C=O) groups excluding carboxylic acids is 2. The van der Waals surface area contributed by atoms with Crippen molar-refractivity contribution >= 4 is 17.5 Å². The fourth-order valence-electron chi connectivity index (χ4n) is 4.54. The first-order chi connectivity index (χ1) is 18.2. The third-order valence-electron chi connectivity index (χ3n) is 6.66. The molecule has 1 saturated heterocycles. The van der Waals surface area contributed by atoms with E-state index < -0.39 is 12.1 Å². The lowest BCUT2D eigenvalue weighted by Gasteiger charge is -2.32. The van der Waals surface area contributed by atoms with Gasteiger partial charge in [-0.15, -0.1) is 0 Å². The fraction of sp³-hybridized carbons (Fsp3) is 0.259. The van der Waals surface area contributed by atoms with Gasteiger partial charge in [0.2, 0.25) is 5.82 Å². The van der Waals surface area contributed by atoms with Crippen LogP contribution in [0.4, 0.5) is 18.9 Å². The van der Waals surface area contributed by atoms with Gasteiger partial charge in [-0.1, -0.05) is 29.4 Å². The van der Waals surface area contributed by atoms with E-state index in [0.717, 1.165) is 24.0 Å². The van der Waals surface area contributed by atoms with Crippen LogP contribution in [-0.2, 0) is 6.18 Å². The molecule has 8 nitrogen and oxygen atoms in total. The van der Waals surface area contributed by atoms with Gasteiger partial charge in [-0.3, -0.25) is 9.59 Å². The van der Waals surface area contributed by atoms with Gasteiger partial charge in [0.1, 0.15) is 5.69 Å². The normalized spacial score (nSPS) is 14.5. The Kier molecular flexibility index (Phi) is 6.75. The Morgan fingerprint density at radius 2 is 1.71 bits per heavy atom. The van der Waals surface area contributed by atoms with Crippen molar-refractivity contribution in [1.82, 2.24) is 20.0 Å². The maximum Gasteiger partial charge on any atom is 0.471 e. The number of halogens is 3. The molecule has 4 aromatic rings. The number of hydrogen-bond acceptors (Lipinski definition) is 5. The number of likely N-dealkylation sites (tertiary alicyclic amines) is 1. The first-order valence-electron chi connectivity index (χ1n) is 12.0. The van der Waals surface area contributed by atoms with Crippen LogP contribution in [-0.4, -0.2) is 44.9 Å².